The van der Waals surface area contributed by atoms with Gasteiger partial charge in [-0.05, 0) is 50.3 Å². The zero-order valence-electron chi connectivity index (χ0n) is 11.5. The fraction of sp³-hybridized carbons (Fsp3) is 0.600. The Hall–Kier alpha value is -1.13. The molecule has 1 fully saturated rings. The number of aliphatic hydroxyl groups excluding tert-OH is 2. The molecule has 0 saturated carbocycles. The van der Waals surface area contributed by atoms with Crippen LogP contribution in [-0.2, 0) is 0 Å². The van der Waals surface area contributed by atoms with Crippen molar-refractivity contribution in [2.45, 2.75) is 38.9 Å². The van der Waals surface area contributed by atoms with Crippen LogP contribution in [0.1, 0.15) is 38.4 Å². The highest BCUT2D eigenvalue weighted by molar-refractivity contribution is 5.49. The summed E-state index contributed by atoms with van der Waals surface area (Å²) in [6.45, 7) is 4.97. The molecule has 2 atom stereocenters. The van der Waals surface area contributed by atoms with E-state index in [-0.39, 0.29) is 11.9 Å². The summed E-state index contributed by atoms with van der Waals surface area (Å²) in [5.41, 5.74) is 1.19. The molecular formula is C15H22FNO2. The second-order valence-electron chi connectivity index (χ2n) is 5.45. The number of nitrogens with zero attached hydrogens (tertiary/aromatic N) is 1. The fourth-order valence-electron chi connectivity index (χ4n) is 2.66. The van der Waals surface area contributed by atoms with E-state index in [2.05, 4.69) is 0 Å². The van der Waals surface area contributed by atoms with Crippen molar-refractivity contribution in [3.05, 3.63) is 29.6 Å². The van der Waals surface area contributed by atoms with Gasteiger partial charge in [0.2, 0.25) is 0 Å². The van der Waals surface area contributed by atoms with Crippen molar-refractivity contribution >= 4 is 5.69 Å². The Morgan fingerprint density at radius 2 is 1.84 bits per heavy atom. The molecule has 1 aromatic rings. The molecule has 2 unspecified atom stereocenters. The van der Waals surface area contributed by atoms with Gasteiger partial charge in [-0.1, -0.05) is 6.07 Å². The minimum atomic E-state index is -0.649. The maximum atomic E-state index is 14.0. The lowest BCUT2D eigenvalue weighted by atomic mass is 9.92. The molecule has 0 aromatic heterocycles. The van der Waals surface area contributed by atoms with Crippen LogP contribution in [0.2, 0.25) is 0 Å². The summed E-state index contributed by atoms with van der Waals surface area (Å²) in [6, 6.07) is 4.91. The van der Waals surface area contributed by atoms with Gasteiger partial charge in [0.05, 0.1) is 17.9 Å². The number of anilines is 1. The van der Waals surface area contributed by atoms with Gasteiger partial charge in [0.25, 0.3) is 0 Å². The number of hydrogen-bond acceptors (Lipinski definition) is 3. The van der Waals surface area contributed by atoms with E-state index in [4.69, 9.17) is 0 Å². The molecule has 1 aliphatic rings. The van der Waals surface area contributed by atoms with Gasteiger partial charge in [0.1, 0.15) is 5.82 Å². The lowest BCUT2D eigenvalue weighted by molar-refractivity contribution is 0.110. The first-order valence-corrected chi connectivity index (χ1v) is 6.89. The SMILES string of the molecule is CC(O)c1ccc(N2CCC(C(C)O)CC2)c(F)c1. The molecule has 1 heterocycles. The van der Waals surface area contributed by atoms with Crippen molar-refractivity contribution in [3.63, 3.8) is 0 Å². The second kappa shape index (κ2) is 5.88. The molecule has 1 saturated heterocycles. The highest BCUT2D eigenvalue weighted by atomic mass is 19.1. The molecule has 19 heavy (non-hydrogen) atoms. The topological polar surface area (TPSA) is 43.7 Å². The maximum Gasteiger partial charge on any atom is 0.146 e. The Balaban J connectivity index is 2.07. The molecular weight excluding hydrogens is 245 g/mol. The van der Waals surface area contributed by atoms with E-state index >= 15 is 0 Å². The molecule has 1 aromatic carbocycles. The first-order valence-electron chi connectivity index (χ1n) is 6.89. The molecule has 1 aliphatic heterocycles. The normalized spacial score (nSPS) is 20.4. The predicted molar refractivity (Wildman–Crippen MR) is 73.7 cm³/mol. The molecule has 0 aliphatic carbocycles. The summed E-state index contributed by atoms with van der Waals surface area (Å²) in [6.07, 6.45) is 0.832. The fourth-order valence-corrected chi connectivity index (χ4v) is 2.66. The van der Waals surface area contributed by atoms with E-state index in [1.165, 1.54) is 6.07 Å². The van der Waals surface area contributed by atoms with Gasteiger partial charge in [-0.2, -0.15) is 0 Å². The zero-order chi connectivity index (χ0) is 14.0. The molecule has 2 rings (SSSR count). The summed E-state index contributed by atoms with van der Waals surface area (Å²) in [7, 11) is 0. The van der Waals surface area contributed by atoms with Gasteiger partial charge in [-0.3, -0.25) is 0 Å². The summed E-state index contributed by atoms with van der Waals surface area (Å²) in [5, 5.41) is 19.0. The van der Waals surface area contributed by atoms with Crippen molar-refractivity contribution in [2.24, 2.45) is 5.92 Å². The van der Waals surface area contributed by atoms with Gasteiger partial charge >= 0.3 is 0 Å². The lowest BCUT2D eigenvalue weighted by Gasteiger charge is -2.35. The van der Waals surface area contributed by atoms with Crippen LogP contribution in [0.3, 0.4) is 0 Å². The van der Waals surface area contributed by atoms with Crippen molar-refractivity contribution < 1.29 is 14.6 Å². The van der Waals surface area contributed by atoms with Gasteiger partial charge in [-0.15, -0.1) is 0 Å². The Morgan fingerprint density at radius 3 is 2.32 bits per heavy atom. The van der Waals surface area contributed by atoms with Crippen LogP contribution < -0.4 is 4.90 Å². The third-order valence-corrected chi connectivity index (χ3v) is 4.02. The molecule has 106 valence electrons. The van der Waals surface area contributed by atoms with Crippen LogP contribution in [0.4, 0.5) is 10.1 Å². The average Bonchev–Trinajstić information content (AvgIpc) is 2.38. The van der Waals surface area contributed by atoms with E-state index in [0.29, 0.717) is 17.2 Å². The van der Waals surface area contributed by atoms with Crippen molar-refractivity contribution in [2.75, 3.05) is 18.0 Å². The highest BCUT2D eigenvalue weighted by Crippen LogP contribution is 2.28. The second-order valence-corrected chi connectivity index (χ2v) is 5.45. The largest absolute Gasteiger partial charge is 0.393 e. The van der Waals surface area contributed by atoms with Gasteiger partial charge in [-0.25, -0.2) is 4.39 Å². The smallest absolute Gasteiger partial charge is 0.146 e. The molecule has 0 spiro atoms. The van der Waals surface area contributed by atoms with Crippen LogP contribution in [0.15, 0.2) is 18.2 Å². The molecule has 0 radical (unpaired) electrons. The molecule has 0 bridgehead atoms. The van der Waals surface area contributed by atoms with Crippen LogP contribution in [0, 0.1) is 11.7 Å². The number of halogens is 1. The molecule has 0 amide bonds. The van der Waals surface area contributed by atoms with Gasteiger partial charge in [0, 0.05) is 13.1 Å². The number of aliphatic hydroxyl groups is 2. The lowest BCUT2D eigenvalue weighted by Crippen LogP contribution is -2.37. The Bertz CT molecular complexity index is 426. The Kier molecular flexibility index (Phi) is 4.42. The summed E-state index contributed by atoms with van der Waals surface area (Å²) >= 11 is 0. The van der Waals surface area contributed by atoms with Gasteiger partial charge < -0.3 is 15.1 Å². The van der Waals surface area contributed by atoms with Crippen LogP contribution in [0.5, 0.6) is 0 Å². The van der Waals surface area contributed by atoms with Crippen LogP contribution in [0.25, 0.3) is 0 Å². The van der Waals surface area contributed by atoms with E-state index < -0.39 is 6.10 Å². The first kappa shape index (κ1) is 14.3. The third kappa shape index (κ3) is 3.25. The number of benzene rings is 1. The quantitative estimate of drug-likeness (QED) is 0.884. The maximum absolute atomic E-state index is 14.0. The summed E-state index contributed by atoms with van der Waals surface area (Å²) in [4.78, 5) is 2.01. The summed E-state index contributed by atoms with van der Waals surface area (Å²) < 4.78 is 14.0. The minimum absolute atomic E-state index is 0.283. The first-order chi connectivity index (χ1) is 8.99. The number of hydrogen-bond donors (Lipinski definition) is 2. The molecule has 4 heteroatoms. The summed E-state index contributed by atoms with van der Waals surface area (Å²) in [5.74, 6) is 0.0324. The van der Waals surface area contributed by atoms with E-state index in [0.717, 1.165) is 25.9 Å². The number of rotatable bonds is 3. The highest BCUT2D eigenvalue weighted by Gasteiger charge is 2.24. The molecule has 2 N–H and O–H groups in total. The van der Waals surface area contributed by atoms with Gasteiger partial charge in [0.15, 0.2) is 0 Å². The van der Waals surface area contributed by atoms with E-state index in [1.807, 2.05) is 11.8 Å². The Labute approximate surface area is 113 Å². The average molecular weight is 267 g/mol. The van der Waals surface area contributed by atoms with Crippen molar-refractivity contribution in [1.29, 1.82) is 0 Å². The minimum Gasteiger partial charge on any atom is -0.393 e. The molecule has 3 nitrogen and oxygen atoms in total. The van der Waals surface area contributed by atoms with Crippen LogP contribution in [-0.4, -0.2) is 29.4 Å². The Morgan fingerprint density at radius 1 is 1.21 bits per heavy atom. The third-order valence-electron chi connectivity index (χ3n) is 4.02. The standard InChI is InChI=1S/C15H22FNO2/c1-10(18)12-5-7-17(8-6-12)15-4-3-13(11(2)19)9-14(15)16/h3-4,9-12,18-19H,5-8H2,1-2H3. The van der Waals surface area contributed by atoms with E-state index in [9.17, 15) is 14.6 Å². The van der Waals surface area contributed by atoms with E-state index in [1.54, 1.807) is 19.1 Å². The van der Waals surface area contributed by atoms with Crippen LogP contribution >= 0.6 is 0 Å². The zero-order valence-corrected chi connectivity index (χ0v) is 11.5. The van der Waals surface area contributed by atoms with Crippen molar-refractivity contribution in [1.82, 2.24) is 0 Å². The monoisotopic (exact) mass is 267 g/mol. The van der Waals surface area contributed by atoms with Crippen molar-refractivity contribution in [3.8, 4) is 0 Å². The predicted octanol–water partition coefficient (Wildman–Crippen LogP) is 2.48. The number of piperidine rings is 1.